The molecule has 0 aliphatic rings. The van der Waals surface area contributed by atoms with Crippen LogP contribution >= 0.6 is 11.8 Å². The monoisotopic (exact) mass is 374 g/mol. The van der Waals surface area contributed by atoms with E-state index in [4.69, 9.17) is 9.47 Å². The summed E-state index contributed by atoms with van der Waals surface area (Å²) in [5, 5.41) is 12.6. The smallest absolute Gasteiger partial charge is 0.214 e. The summed E-state index contributed by atoms with van der Waals surface area (Å²) in [6.45, 7) is 2.54. The average Bonchev–Trinajstić information content (AvgIpc) is 3.11. The van der Waals surface area contributed by atoms with Crippen LogP contribution in [0.5, 0.6) is 11.5 Å². The number of hydrogen-bond donors (Lipinski definition) is 0. The van der Waals surface area contributed by atoms with Crippen molar-refractivity contribution in [3.05, 3.63) is 53.8 Å². The number of nitrogens with zero attached hydrogens (tertiary/aromatic N) is 4. The van der Waals surface area contributed by atoms with E-state index >= 15 is 0 Å². The first kappa shape index (κ1) is 18.2. The minimum Gasteiger partial charge on any atom is -0.494 e. The topological polar surface area (TPSA) is 62.1 Å². The standard InChI is InChI=1S/C18H19FN4O2S/c1-13-4-9-17(24-2)16(12-13)23-18(20-21-22-23)26-11-3-10-25-15-7-5-14(19)6-8-15/h4-9,12H,3,10-11H2,1-2H3. The fourth-order valence-electron chi connectivity index (χ4n) is 2.33. The van der Waals surface area contributed by atoms with Crippen LogP contribution in [0.1, 0.15) is 12.0 Å². The second-order valence-electron chi connectivity index (χ2n) is 5.55. The van der Waals surface area contributed by atoms with Crippen molar-refractivity contribution in [2.45, 2.75) is 18.5 Å². The van der Waals surface area contributed by atoms with Crippen molar-refractivity contribution >= 4 is 11.8 Å². The van der Waals surface area contributed by atoms with Crippen LogP contribution in [0.4, 0.5) is 4.39 Å². The summed E-state index contributed by atoms with van der Waals surface area (Å²) in [4.78, 5) is 0. The van der Waals surface area contributed by atoms with Gasteiger partial charge >= 0.3 is 0 Å². The minimum absolute atomic E-state index is 0.272. The highest BCUT2D eigenvalue weighted by Gasteiger charge is 2.13. The van der Waals surface area contributed by atoms with Gasteiger partial charge in [-0.15, -0.1) is 5.10 Å². The van der Waals surface area contributed by atoms with Gasteiger partial charge in [0.2, 0.25) is 5.16 Å². The van der Waals surface area contributed by atoms with Crippen molar-refractivity contribution in [2.24, 2.45) is 0 Å². The third-order valence-electron chi connectivity index (χ3n) is 3.61. The molecule has 0 bridgehead atoms. The summed E-state index contributed by atoms with van der Waals surface area (Å²) in [5.74, 6) is 1.89. The Morgan fingerprint density at radius 3 is 2.73 bits per heavy atom. The lowest BCUT2D eigenvalue weighted by Gasteiger charge is -2.10. The fourth-order valence-corrected chi connectivity index (χ4v) is 3.13. The van der Waals surface area contributed by atoms with Gasteiger partial charge in [-0.2, -0.15) is 4.68 Å². The zero-order chi connectivity index (χ0) is 18.4. The summed E-state index contributed by atoms with van der Waals surface area (Å²) in [5.41, 5.74) is 1.91. The number of tetrazole rings is 1. The van der Waals surface area contributed by atoms with Crippen LogP contribution in [0, 0.1) is 12.7 Å². The molecule has 3 rings (SSSR count). The van der Waals surface area contributed by atoms with Gasteiger partial charge in [0.1, 0.15) is 23.0 Å². The number of thioether (sulfide) groups is 1. The number of halogens is 1. The first-order chi connectivity index (χ1) is 12.7. The highest BCUT2D eigenvalue weighted by atomic mass is 32.2. The maximum absolute atomic E-state index is 12.9. The van der Waals surface area contributed by atoms with Gasteiger partial charge in [-0.3, -0.25) is 0 Å². The largest absolute Gasteiger partial charge is 0.494 e. The molecule has 1 aromatic heterocycles. The van der Waals surface area contributed by atoms with E-state index in [0.717, 1.165) is 23.4 Å². The Morgan fingerprint density at radius 1 is 1.15 bits per heavy atom. The van der Waals surface area contributed by atoms with Crippen LogP contribution in [-0.4, -0.2) is 39.7 Å². The Bertz CT molecular complexity index is 855. The zero-order valence-corrected chi connectivity index (χ0v) is 15.4. The van der Waals surface area contributed by atoms with Crippen molar-refractivity contribution in [1.82, 2.24) is 20.2 Å². The van der Waals surface area contributed by atoms with E-state index < -0.39 is 0 Å². The number of hydrogen-bond acceptors (Lipinski definition) is 6. The summed E-state index contributed by atoms with van der Waals surface area (Å²) in [7, 11) is 1.62. The second-order valence-corrected chi connectivity index (χ2v) is 6.62. The molecule has 0 N–H and O–H groups in total. The molecule has 3 aromatic rings. The van der Waals surface area contributed by atoms with Crippen molar-refractivity contribution in [3.8, 4) is 17.2 Å². The Balaban J connectivity index is 1.56. The van der Waals surface area contributed by atoms with Crippen molar-refractivity contribution in [3.63, 3.8) is 0 Å². The van der Waals surface area contributed by atoms with Gasteiger partial charge < -0.3 is 9.47 Å². The Morgan fingerprint density at radius 2 is 1.96 bits per heavy atom. The Labute approximate surface area is 155 Å². The van der Waals surface area contributed by atoms with Crippen LogP contribution in [0.2, 0.25) is 0 Å². The summed E-state index contributed by atoms with van der Waals surface area (Å²) in [6, 6.07) is 11.9. The minimum atomic E-state index is -0.272. The molecule has 0 spiro atoms. The van der Waals surface area contributed by atoms with E-state index in [1.54, 1.807) is 35.7 Å². The molecule has 0 fully saturated rings. The molecule has 0 atom stereocenters. The van der Waals surface area contributed by atoms with Crippen LogP contribution < -0.4 is 9.47 Å². The number of aryl methyl sites for hydroxylation is 1. The highest BCUT2D eigenvalue weighted by Crippen LogP contribution is 2.27. The highest BCUT2D eigenvalue weighted by molar-refractivity contribution is 7.99. The molecule has 0 saturated heterocycles. The fraction of sp³-hybridized carbons (Fsp3) is 0.278. The molecule has 0 saturated carbocycles. The van der Waals surface area contributed by atoms with Crippen LogP contribution in [0.3, 0.4) is 0 Å². The van der Waals surface area contributed by atoms with Crippen LogP contribution in [0.25, 0.3) is 5.69 Å². The molecule has 6 nitrogen and oxygen atoms in total. The summed E-state index contributed by atoms with van der Waals surface area (Å²) < 4.78 is 25.5. The average molecular weight is 374 g/mol. The predicted octanol–water partition coefficient (Wildman–Crippen LogP) is 3.68. The number of rotatable bonds is 8. The molecule has 0 amide bonds. The van der Waals surface area contributed by atoms with Gasteiger partial charge in [0, 0.05) is 5.75 Å². The zero-order valence-electron chi connectivity index (χ0n) is 14.6. The lowest BCUT2D eigenvalue weighted by molar-refractivity contribution is 0.318. The first-order valence-corrected chi connectivity index (χ1v) is 9.10. The van der Waals surface area contributed by atoms with E-state index in [1.165, 1.54) is 12.1 Å². The van der Waals surface area contributed by atoms with Gasteiger partial charge in [-0.1, -0.05) is 17.8 Å². The quantitative estimate of drug-likeness (QED) is 0.443. The Kier molecular flexibility index (Phi) is 6.06. The number of benzene rings is 2. The van der Waals surface area contributed by atoms with Gasteiger partial charge in [0.25, 0.3) is 0 Å². The maximum atomic E-state index is 12.9. The van der Waals surface area contributed by atoms with Crippen LogP contribution in [-0.2, 0) is 0 Å². The summed E-state index contributed by atoms with van der Waals surface area (Å²) >= 11 is 1.54. The molecule has 26 heavy (non-hydrogen) atoms. The van der Waals surface area contributed by atoms with E-state index in [9.17, 15) is 4.39 Å². The van der Waals surface area contributed by atoms with Crippen molar-refractivity contribution in [1.29, 1.82) is 0 Å². The Hall–Kier alpha value is -2.61. The van der Waals surface area contributed by atoms with Gasteiger partial charge in [0.15, 0.2) is 0 Å². The van der Waals surface area contributed by atoms with Crippen molar-refractivity contribution in [2.75, 3.05) is 19.5 Å². The lowest BCUT2D eigenvalue weighted by atomic mass is 10.2. The second kappa shape index (κ2) is 8.66. The third-order valence-corrected chi connectivity index (χ3v) is 4.61. The van der Waals surface area contributed by atoms with E-state index in [0.29, 0.717) is 23.3 Å². The predicted molar refractivity (Wildman–Crippen MR) is 97.7 cm³/mol. The third kappa shape index (κ3) is 4.51. The molecule has 2 aromatic carbocycles. The maximum Gasteiger partial charge on any atom is 0.214 e. The SMILES string of the molecule is COc1ccc(C)cc1-n1nnnc1SCCCOc1ccc(F)cc1. The van der Waals surface area contributed by atoms with E-state index in [-0.39, 0.29) is 5.82 Å². The van der Waals surface area contributed by atoms with Crippen LogP contribution in [0.15, 0.2) is 47.6 Å². The van der Waals surface area contributed by atoms with Gasteiger partial charge in [0.05, 0.1) is 13.7 Å². The van der Waals surface area contributed by atoms with E-state index in [1.807, 2.05) is 25.1 Å². The molecule has 0 unspecified atom stereocenters. The molecule has 1 heterocycles. The molecule has 0 aliphatic heterocycles. The molecular weight excluding hydrogens is 355 g/mol. The van der Waals surface area contributed by atoms with Crippen molar-refractivity contribution < 1.29 is 13.9 Å². The van der Waals surface area contributed by atoms with Gasteiger partial charge in [-0.05, 0) is 65.7 Å². The normalized spacial score (nSPS) is 10.7. The first-order valence-electron chi connectivity index (χ1n) is 8.12. The molecule has 0 radical (unpaired) electrons. The number of methoxy groups -OCH3 is 1. The lowest BCUT2D eigenvalue weighted by Crippen LogP contribution is -2.03. The number of aromatic nitrogens is 4. The molecule has 136 valence electrons. The molecule has 8 heteroatoms. The van der Waals surface area contributed by atoms with E-state index in [2.05, 4.69) is 15.5 Å². The number of ether oxygens (including phenoxy) is 2. The summed E-state index contributed by atoms with van der Waals surface area (Å²) in [6.07, 6.45) is 0.805. The van der Waals surface area contributed by atoms with Gasteiger partial charge in [-0.25, -0.2) is 4.39 Å². The molecule has 0 aliphatic carbocycles. The molecular formula is C18H19FN4O2S.